The van der Waals surface area contributed by atoms with Gasteiger partial charge in [-0.3, -0.25) is 4.79 Å². The van der Waals surface area contributed by atoms with E-state index in [1.54, 1.807) is 13.8 Å². The summed E-state index contributed by atoms with van der Waals surface area (Å²) in [7, 11) is 0. The number of hydrogen-bond acceptors (Lipinski definition) is 2. The van der Waals surface area contributed by atoms with Crippen molar-refractivity contribution < 1.29 is 9.59 Å². The molecule has 0 saturated heterocycles. The number of allylic oxidation sites excluding steroid dienone is 1. The van der Waals surface area contributed by atoms with Crippen molar-refractivity contribution in [2.24, 2.45) is 0 Å². The summed E-state index contributed by atoms with van der Waals surface area (Å²) in [5.74, 6) is 0.450. The Kier molecular flexibility index (Phi) is 7.88. The van der Waals surface area contributed by atoms with Crippen LogP contribution in [0.15, 0.2) is 12.2 Å². The van der Waals surface area contributed by atoms with E-state index in [1.807, 2.05) is 0 Å². The molecular weight excluding hydrogens is 188 g/mol. The largest absolute Gasteiger partial charge is 0.300 e. The van der Waals surface area contributed by atoms with E-state index in [9.17, 15) is 9.59 Å². The Morgan fingerprint density at radius 1 is 0.867 bits per heavy atom. The second-order valence-corrected chi connectivity index (χ2v) is 4.17. The number of hydrogen-bond donors (Lipinski definition) is 0. The zero-order chi connectivity index (χ0) is 11.7. The third-order valence-electron chi connectivity index (χ3n) is 2.41. The average Bonchev–Trinajstić information content (AvgIpc) is 2.15. The van der Waals surface area contributed by atoms with Crippen LogP contribution in [0, 0.1) is 0 Å². The van der Waals surface area contributed by atoms with Crippen LogP contribution in [0.25, 0.3) is 0 Å². The maximum atomic E-state index is 11.2. The molecule has 15 heavy (non-hydrogen) atoms. The minimum atomic E-state index is 0.179. The molecule has 0 fully saturated rings. The van der Waals surface area contributed by atoms with Crippen LogP contribution in [0.2, 0.25) is 0 Å². The van der Waals surface area contributed by atoms with Gasteiger partial charge in [-0.1, -0.05) is 25.8 Å². The summed E-state index contributed by atoms with van der Waals surface area (Å²) in [6, 6.07) is 0. The lowest BCUT2D eigenvalue weighted by atomic mass is 10.0. The number of unbranched alkanes of at least 4 members (excludes halogenated alkanes) is 4. The van der Waals surface area contributed by atoms with Crippen LogP contribution < -0.4 is 0 Å². The zero-order valence-corrected chi connectivity index (χ0v) is 9.97. The summed E-state index contributed by atoms with van der Waals surface area (Å²) in [5, 5.41) is 0. The van der Waals surface area contributed by atoms with Gasteiger partial charge >= 0.3 is 0 Å². The van der Waals surface area contributed by atoms with Gasteiger partial charge in [-0.05, 0) is 32.3 Å². The van der Waals surface area contributed by atoms with E-state index in [0.29, 0.717) is 18.4 Å². The summed E-state index contributed by atoms with van der Waals surface area (Å²) in [5.41, 5.74) is 0.659. The lowest BCUT2D eigenvalue weighted by molar-refractivity contribution is -0.117. The predicted octanol–water partition coefficient (Wildman–Crippen LogP) is 3.45. The fourth-order valence-electron chi connectivity index (χ4n) is 1.40. The van der Waals surface area contributed by atoms with E-state index in [-0.39, 0.29) is 11.6 Å². The fraction of sp³-hybridized carbons (Fsp3) is 0.692. The Labute approximate surface area is 92.8 Å². The van der Waals surface area contributed by atoms with E-state index < -0.39 is 0 Å². The normalized spacial score (nSPS) is 10.0. The quantitative estimate of drug-likeness (QED) is 0.431. The molecule has 86 valence electrons. The van der Waals surface area contributed by atoms with Crippen LogP contribution >= 0.6 is 0 Å². The van der Waals surface area contributed by atoms with Crippen LogP contribution in [0.4, 0.5) is 0 Å². The molecule has 0 unspecified atom stereocenters. The van der Waals surface area contributed by atoms with Gasteiger partial charge in [0.2, 0.25) is 0 Å². The van der Waals surface area contributed by atoms with Crippen LogP contribution in [-0.4, -0.2) is 11.6 Å². The van der Waals surface area contributed by atoms with E-state index >= 15 is 0 Å². The molecule has 0 aromatic rings. The van der Waals surface area contributed by atoms with E-state index in [0.717, 1.165) is 32.1 Å². The van der Waals surface area contributed by atoms with Gasteiger partial charge in [0.1, 0.15) is 5.78 Å². The van der Waals surface area contributed by atoms with Crippen molar-refractivity contribution in [3.8, 4) is 0 Å². The van der Waals surface area contributed by atoms with Gasteiger partial charge in [0.25, 0.3) is 0 Å². The molecule has 0 bridgehead atoms. The first kappa shape index (κ1) is 14.1. The van der Waals surface area contributed by atoms with Gasteiger partial charge in [0, 0.05) is 12.8 Å². The Bertz CT molecular complexity index is 229. The van der Waals surface area contributed by atoms with Crippen LogP contribution in [0.1, 0.15) is 58.8 Å². The zero-order valence-electron chi connectivity index (χ0n) is 9.97. The number of carbonyl (C=O) groups is 2. The van der Waals surface area contributed by atoms with Crippen molar-refractivity contribution in [3.63, 3.8) is 0 Å². The second kappa shape index (κ2) is 8.39. The molecule has 0 saturated carbocycles. The average molecular weight is 210 g/mol. The molecule has 0 aliphatic heterocycles. The van der Waals surface area contributed by atoms with Crippen molar-refractivity contribution in [2.75, 3.05) is 0 Å². The summed E-state index contributed by atoms with van der Waals surface area (Å²) in [4.78, 5) is 21.8. The topological polar surface area (TPSA) is 34.1 Å². The molecule has 0 amide bonds. The smallest absolute Gasteiger partial charge is 0.157 e. The highest BCUT2D eigenvalue weighted by Gasteiger charge is 2.01. The Hall–Kier alpha value is -0.920. The molecule has 0 aromatic carbocycles. The van der Waals surface area contributed by atoms with Crippen LogP contribution in [-0.2, 0) is 9.59 Å². The van der Waals surface area contributed by atoms with Gasteiger partial charge < -0.3 is 4.79 Å². The molecule has 0 aliphatic carbocycles. The molecule has 0 atom stereocenters. The summed E-state index contributed by atoms with van der Waals surface area (Å²) >= 11 is 0. The van der Waals surface area contributed by atoms with Gasteiger partial charge in [0.05, 0.1) is 0 Å². The highest BCUT2D eigenvalue weighted by atomic mass is 16.1. The van der Waals surface area contributed by atoms with Crippen LogP contribution in [0.3, 0.4) is 0 Å². The molecule has 0 heterocycles. The lowest BCUT2D eigenvalue weighted by Gasteiger charge is -2.00. The predicted molar refractivity (Wildman–Crippen MR) is 62.8 cm³/mol. The molecular formula is C13H22O2. The first-order valence-electron chi connectivity index (χ1n) is 5.72. The van der Waals surface area contributed by atoms with E-state index in [1.165, 1.54) is 0 Å². The SMILES string of the molecule is C=C(C)C(=O)CCCCCCCC(C)=O. The first-order chi connectivity index (χ1) is 7.04. The molecule has 0 aliphatic rings. The number of carbonyl (C=O) groups excluding carboxylic acids is 2. The van der Waals surface area contributed by atoms with Crippen LogP contribution in [0.5, 0.6) is 0 Å². The van der Waals surface area contributed by atoms with Crippen molar-refractivity contribution in [3.05, 3.63) is 12.2 Å². The second-order valence-electron chi connectivity index (χ2n) is 4.17. The Morgan fingerprint density at radius 2 is 1.33 bits per heavy atom. The number of ketones is 2. The number of Topliss-reactive ketones (excluding diaryl/α,β-unsaturated/α-hetero) is 2. The highest BCUT2D eigenvalue weighted by molar-refractivity contribution is 5.93. The van der Waals surface area contributed by atoms with E-state index in [2.05, 4.69) is 6.58 Å². The maximum Gasteiger partial charge on any atom is 0.157 e. The monoisotopic (exact) mass is 210 g/mol. The Morgan fingerprint density at radius 3 is 1.80 bits per heavy atom. The molecule has 0 aromatic heterocycles. The van der Waals surface area contributed by atoms with E-state index in [4.69, 9.17) is 0 Å². The van der Waals surface area contributed by atoms with Crippen molar-refractivity contribution in [2.45, 2.75) is 58.8 Å². The molecule has 2 nitrogen and oxygen atoms in total. The molecule has 0 N–H and O–H groups in total. The van der Waals surface area contributed by atoms with Gasteiger partial charge in [-0.15, -0.1) is 0 Å². The third-order valence-corrected chi connectivity index (χ3v) is 2.41. The van der Waals surface area contributed by atoms with Gasteiger partial charge in [-0.25, -0.2) is 0 Å². The molecule has 2 heteroatoms. The minimum absolute atomic E-state index is 0.179. The fourth-order valence-corrected chi connectivity index (χ4v) is 1.40. The summed E-state index contributed by atoms with van der Waals surface area (Å²) in [6.07, 6.45) is 6.57. The third kappa shape index (κ3) is 9.39. The van der Waals surface area contributed by atoms with Crippen molar-refractivity contribution >= 4 is 11.6 Å². The molecule has 0 spiro atoms. The van der Waals surface area contributed by atoms with Gasteiger partial charge in [-0.2, -0.15) is 0 Å². The summed E-state index contributed by atoms with van der Waals surface area (Å²) in [6.45, 7) is 7.01. The minimum Gasteiger partial charge on any atom is -0.300 e. The molecule has 0 radical (unpaired) electrons. The Balaban J connectivity index is 3.22. The lowest BCUT2D eigenvalue weighted by Crippen LogP contribution is -1.97. The van der Waals surface area contributed by atoms with Crippen molar-refractivity contribution in [1.82, 2.24) is 0 Å². The van der Waals surface area contributed by atoms with Gasteiger partial charge in [0.15, 0.2) is 5.78 Å². The first-order valence-corrected chi connectivity index (χ1v) is 5.72. The number of rotatable bonds is 9. The summed E-state index contributed by atoms with van der Waals surface area (Å²) < 4.78 is 0. The highest BCUT2D eigenvalue weighted by Crippen LogP contribution is 2.09. The standard InChI is InChI=1S/C13H22O2/c1-11(2)13(15)10-8-6-4-5-7-9-12(3)14/h1,4-10H2,2-3H3. The molecule has 0 rings (SSSR count). The van der Waals surface area contributed by atoms with Crippen molar-refractivity contribution in [1.29, 1.82) is 0 Å². The maximum absolute atomic E-state index is 11.2.